The summed E-state index contributed by atoms with van der Waals surface area (Å²) >= 11 is 0. The first-order valence-corrected chi connectivity index (χ1v) is 16.9. The van der Waals surface area contributed by atoms with Crippen LogP contribution in [0.15, 0.2) is 0 Å². The van der Waals surface area contributed by atoms with Gasteiger partial charge >= 0.3 is 23.9 Å². The number of aliphatic hydroxyl groups is 2. The van der Waals surface area contributed by atoms with Gasteiger partial charge in [-0.15, -0.1) is 0 Å². The van der Waals surface area contributed by atoms with Gasteiger partial charge in [0.2, 0.25) is 0 Å². The second-order valence-electron chi connectivity index (χ2n) is 14.8. The molecule has 13 nitrogen and oxygen atoms in total. The van der Waals surface area contributed by atoms with Gasteiger partial charge in [-0.25, -0.2) is 4.79 Å². The molecule has 1 heterocycles. The van der Waals surface area contributed by atoms with Gasteiger partial charge in [0.15, 0.2) is 30.7 Å². The van der Waals surface area contributed by atoms with E-state index in [0.29, 0.717) is 31.6 Å². The van der Waals surface area contributed by atoms with Crippen LogP contribution in [0.1, 0.15) is 86.0 Å². The van der Waals surface area contributed by atoms with E-state index in [-0.39, 0.29) is 46.9 Å². The molecular weight excluding hydrogens is 616 g/mol. The van der Waals surface area contributed by atoms with Gasteiger partial charge in [-0.05, 0) is 79.4 Å². The first kappa shape index (κ1) is 35.7. The van der Waals surface area contributed by atoms with Crippen LogP contribution in [0.4, 0.5) is 0 Å². The highest BCUT2D eigenvalue weighted by molar-refractivity contribution is 5.84. The number of esters is 4. The third-order valence-electron chi connectivity index (χ3n) is 12.2. The molecule has 5 aliphatic rings. The number of hydrogen-bond acceptors (Lipinski definition) is 13. The van der Waals surface area contributed by atoms with Crippen molar-refractivity contribution in [3.63, 3.8) is 0 Å². The predicted molar refractivity (Wildman–Crippen MR) is 161 cm³/mol. The Balaban J connectivity index is 1.36. The molecular formula is C34H50O13. The summed E-state index contributed by atoms with van der Waals surface area (Å²) < 4.78 is 33.7. The molecule has 5 rings (SSSR count). The lowest BCUT2D eigenvalue weighted by molar-refractivity contribution is -0.314. The number of aliphatic hydroxyl groups excluding tert-OH is 2. The summed E-state index contributed by atoms with van der Waals surface area (Å²) in [6.07, 6.45) is -2.54. The fourth-order valence-corrected chi connectivity index (χ4v) is 10.3. The lowest BCUT2D eigenvalue weighted by atomic mass is 9.44. The van der Waals surface area contributed by atoms with Gasteiger partial charge in [-0.3, -0.25) is 19.2 Å². The van der Waals surface area contributed by atoms with Gasteiger partial charge < -0.3 is 38.6 Å². The van der Waals surface area contributed by atoms with Gasteiger partial charge in [-0.1, -0.05) is 13.8 Å². The molecule has 0 amide bonds. The summed E-state index contributed by atoms with van der Waals surface area (Å²) in [6, 6.07) is 0. The molecule has 0 aromatic carbocycles. The van der Waals surface area contributed by atoms with Crippen LogP contribution in [0.5, 0.6) is 0 Å². The van der Waals surface area contributed by atoms with Crippen LogP contribution in [0.25, 0.3) is 0 Å². The first-order chi connectivity index (χ1) is 22.1. The van der Waals surface area contributed by atoms with E-state index in [2.05, 4.69) is 13.8 Å². The van der Waals surface area contributed by atoms with Crippen molar-refractivity contribution in [1.82, 2.24) is 0 Å². The van der Waals surface area contributed by atoms with Crippen molar-refractivity contribution in [3.05, 3.63) is 0 Å². The third-order valence-corrected chi connectivity index (χ3v) is 12.2. The smallest absolute Gasteiger partial charge is 0.339 e. The zero-order valence-electron chi connectivity index (χ0n) is 28.2. The summed E-state index contributed by atoms with van der Waals surface area (Å²) in [5, 5.41) is 20.3. The molecule has 1 aliphatic heterocycles. The fraction of sp³-hybridized carbons (Fsp3) is 0.853. The number of carbonyl (C=O) groups excluding carboxylic acids is 5. The molecule has 264 valence electrons. The number of carbonyl (C=O) groups is 5. The molecule has 0 bridgehead atoms. The van der Waals surface area contributed by atoms with Crippen molar-refractivity contribution in [1.29, 1.82) is 0 Å². The third kappa shape index (κ3) is 6.57. The maximum absolute atomic E-state index is 14.0. The van der Waals surface area contributed by atoms with Crippen LogP contribution in [-0.4, -0.2) is 96.5 Å². The van der Waals surface area contributed by atoms with E-state index in [9.17, 15) is 34.2 Å². The van der Waals surface area contributed by atoms with Crippen molar-refractivity contribution in [2.75, 3.05) is 13.7 Å². The SMILES string of the molecule is COC(=O)[C@@H]1O[C@@H](O[C@@H]2CC[C@]3(C)[C@H](CC[C@@H]4[C@@H]5CC[C@H]([C@H](O)CO)[C@]5(C)CC(=O)[C@@H]43)C2)[C@H](OC(C)=O)[C@@H](OC(C)=O)[C@@H]1OC(C)=O. The van der Waals surface area contributed by atoms with E-state index >= 15 is 0 Å². The Hall–Kier alpha value is -2.61. The molecule has 14 atom stereocenters. The van der Waals surface area contributed by atoms with Gasteiger partial charge in [0.1, 0.15) is 5.78 Å². The van der Waals surface area contributed by atoms with Crippen molar-refractivity contribution < 1.29 is 62.6 Å². The van der Waals surface area contributed by atoms with Crippen LogP contribution in [0.3, 0.4) is 0 Å². The second-order valence-corrected chi connectivity index (χ2v) is 14.8. The number of hydrogen-bond donors (Lipinski definition) is 2. The topological polar surface area (TPSA) is 181 Å². The van der Waals surface area contributed by atoms with E-state index in [0.717, 1.165) is 46.6 Å². The lowest BCUT2D eigenvalue weighted by Gasteiger charge is -2.60. The predicted octanol–water partition coefficient (Wildman–Crippen LogP) is 2.26. The zero-order valence-corrected chi connectivity index (χ0v) is 28.2. The summed E-state index contributed by atoms with van der Waals surface area (Å²) in [5.41, 5.74) is -0.584. The standard InChI is InChI=1S/C34H50O13/c1-16(36)43-27-28(44-17(2)37)30(45-18(3)38)32(47-29(27)31(41)42-6)46-20-11-12-33(4)19(13-20)7-8-21-22-9-10-23(25(40)15-35)34(22,5)14-24(39)26(21)33/h19-23,25-30,32,35,40H,7-15H2,1-6H3/t19-,20-,21-,22+,23-,25-,26-,27+,28+,29-,30-,32-,33-,34-/m1/s1. The first-order valence-electron chi connectivity index (χ1n) is 16.9. The zero-order chi connectivity index (χ0) is 34.4. The van der Waals surface area contributed by atoms with Gasteiger partial charge in [0.25, 0.3) is 0 Å². The minimum absolute atomic E-state index is 0.0946. The molecule has 4 aliphatic carbocycles. The maximum Gasteiger partial charge on any atom is 0.339 e. The minimum Gasteiger partial charge on any atom is -0.467 e. The quantitative estimate of drug-likeness (QED) is 0.219. The van der Waals surface area contributed by atoms with Crippen LogP contribution in [0, 0.1) is 40.4 Å². The Morgan fingerprint density at radius 1 is 0.894 bits per heavy atom. The van der Waals surface area contributed by atoms with Crippen molar-refractivity contribution in [3.8, 4) is 0 Å². The highest BCUT2D eigenvalue weighted by atomic mass is 16.7. The van der Waals surface area contributed by atoms with E-state index < -0.39 is 66.8 Å². The van der Waals surface area contributed by atoms with Crippen molar-refractivity contribution >= 4 is 29.7 Å². The van der Waals surface area contributed by atoms with Gasteiger partial charge in [0.05, 0.1) is 25.9 Å². The number of fused-ring (bicyclic) bond motifs is 5. The van der Waals surface area contributed by atoms with Crippen LogP contribution in [0.2, 0.25) is 0 Å². The largest absolute Gasteiger partial charge is 0.467 e. The molecule has 0 radical (unpaired) electrons. The highest BCUT2D eigenvalue weighted by Crippen LogP contribution is 2.67. The van der Waals surface area contributed by atoms with Gasteiger partial charge in [-0.2, -0.15) is 0 Å². The number of Topliss-reactive ketones (excluding diaryl/α,β-unsaturated/α-hetero) is 1. The van der Waals surface area contributed by atoms with Crippen LogP contribution < -0.4 is 0 Å². The fourth-order valence-electron chi connectivity index (χ4n) is 10.3. The maximum atomic E-state index is 14.0. The molecule has 0 spiro atoms. The lowest BCUT2D eigenvalue weighted by Crippen LogP contribution is -2.64. The minimum atomic E-state index is -1.52. The Kier molecular flexibility index (Phi) is 10.4. The second kappa shape index (κ2) is 13.7. The Morgan fingerprint density at radius 2 is 1.53 bits per heavy atom. The molecule has 0 aromatic heterocycles. The van der Waals surface area contributed by atoms with E-state index in [1.807, 2.05) is 0 Å². The summed E-state index contributed by atoms with van der Waals surface area (Å²) in [7, 11) is 1.14. The average Bonchev–Trinajstić information content (AvgIpc) is 3.34. The number of ether oxygens (including phenoxy) is 6. The summed E-state index contributed by atoms with van der Waals surface area (Å²) in [4.78, 5) is 63.2. The number of methoxy groups -OCH3 is 1. The van der Waals surface area contributed by atoms with Crippen molar-refractivity contribution in [2.24, 2.45) is 40.4 Å². The normalized spacial score (nSPS) is 43.4. The van der Waals surface area contributed by atoms with E-state index in [1.54, 1.807) is 0 Å². The van der Waals surface area contributed by atoms with Crippen LogP contribution >= 0.6 is 0 Å². The molecule has 4 saturated carbocycles. The van der Waals surface area contributed by atoms with E-state index in [4.69, 9.17) is 28.4 Å². The van der Waals surface area contributed by atoms with Crippen molar-refractivity contribution in [2.45, 2.75) is 129 Å². The number of rotatable bonds is 8. The Morgan fingerprint density at radius 3 is 2.15 bits per heavy atom. The van der Waals surface area contributed by atoms with E-state index in [1.165, 1.54) is 6.92 Å². The number of ketones is 1. The highest BCUT2D eigenvalue weighted by Gasteiger charge is 2.64. The monoisotopic (exact) mass is 666 g/mol. The molecule has 2 N–H and O–H groups in total. The molecule has 0 unspecified atom stereocenters. The molecule has 0 aromatic rings. The summed E-state index contributed by atoms with van der Waals surface area (Å²) in [6.45, 7) is 7.48. The molecule has 47 heavy (non-hydrogen) atoms. The molecule has 13 heteroatoms. The van der Waals surface area contributed by atoms with Gasteiger partial charge in [0, 0.05) is 33.1 Å². The summed E-state index contributed by atoms with van der Waals surface area (Å²) in [5.74, 6) is -2.42. The Bertz CT molecular complexity index is 1240. The molecule has 1 saturated heterocycles. The molecule has 5 fully saturated rings. The Labute approximate surface area is 275 Å². The average molecular weight is 667 g/mol. The van der Waals surface area contributed by atoms with Crippen LogP contribution in [-0.2, 0) is 52.4 Å².